The molecule has 0 atom stereocenters. The van der Waals surface area contributed by atoms with Crippen molar-refractivity contribution in [2.75, 3.05) is 0 Å². The zero-order valence-corrected chi connectivity index (χ0v) is 6.42. The molecule has 0 bridgehead atoms. The Bertz CT molecular complexity index is 317. The fourth-order valence-electron chi connectivity index (χ4n) is 0.906. The lowest BCUT2D eigenvalue weighted by Gasteiger charge is -1.98. The average Bonchev–Trinajstić information content (AvgIpc) is 2.07. The van der Waals surface area contributed by atoms with E-state index in [-0.39, 0.29) is 5.75 Å². The number of phenols is 1. The van der Waals surface area contributed by atoms with Gasteiger partial charge in [0.2, 0.25) is 0 Å². The Balaban J connectivity index is 2.77. The highest BCUT2D eigenvalue weighted by atomic mass is 19.1. The third-order valence-electron chi connectivity index (χ3n) is 1.54. The van der Waals surface area contributed by atoms with Gasteiger partial charge in [0.05, 0.1) is 6.07 Å². The molecule has 1 rings (SSSR count). The average molecular weight is 165 g/mol. The minimum absolute atomic E-state index is 0.351. The van der Waals surface area contributed by atoms with E-state index in [2.05, 4.69) is 0 Å². The van der Waals surface area contributed by atoms with E-state index in [0.29, 0.717) is 12.8 Å². The Morgan fingerprint density at radius 2 is 2.25 bits per heavy atom. The second kappa shape index (κ2) is 3.72. The van der Waals surface area contributed by atoms with Crippen LogP contribution < -0.4 is 0 Å². The molecule has 0 amide bonds. The normalized spacial score (nSPS) is 9.33. The molecule has 3 heteroatoms. The van der Waals surface area contributed by atoms with Crippen LogP contribution in [0.25, 0.3) is 0 Å². The van der Waals surface area contributed by atoms with Crippen LogP contribution in [0, 0.1) is 17.1 Å². The molecule has 0 heterocycles. The van der Waals surface area contributed by atoms with Crippen molar-refractivity contribution < 1.29 is 9.50 Å². The standard InChI is InChI=1S/C9H8FNO/c10-8-6-7(2-1-5-11)3-4-9(8)12/h3-4,6,12H,1-2H2. The summed E-state index contributed by atoms with van der Waals surface area (Å²) in [4.78, 5) is 0. The second-order valence-corrected chi connectivity index (χ2v) is 2.44. The van der Waals surface area contributed by atoms with Gasteiger partial charge in [0.1, 0.15) is 0 Å². The largest absolute Gasteiger partial charge is 0.505 e. The van der Waals surface area contributed by atoms with E-state index >= 15 is 0 Å². The van der Waals surface area contributed by atoms with Gasteiger partial charge < -0.3 is 5.11 Å². The molecule has 12 heavy (non-hydrogen) atoms. The van der Waals surface area contributed by atoms with Crippen LogP contribution in [0.4, 0.5) is 4.39 Å². The molecule has 0 spiro atoms. The summed E-state index contributed by atoms with van der Waals surface area (Å²) >= 11 is 0. The van der Waals surface area contributed by atoms with Gasteiger partial charge in [-0.1, -0.05) is 6.07 Å². The number of aryl methyl sites for hydroxylation is 1. The van der Waals surface area contributed by atoms with Crippen molar-refractivity contribution in [2.24, 2.45) is 0 Å². The van der Waals surface area contributed by atoms with Crippen LogP contribution in [-0.2, 0) is 6.42 Å². The maximum atomic E-state index is 12.7. The lowest BCUT2D eigenvalue weighted by molar-refractivity contribution is 0.432. The highest BCUT2D eigenvalue weighted by Crippen LogP contribution is 2.16. The molecule has 0 aromatic heterocycles. The highest BCUT2D eigenvalue weighted by Gasteiger charge is 2.00. The molecule has 0 aliphatic carbocycles. The third kappa shape index (κ3) is 1.96. The van der Waals surface area contributed by atoms with Gasteiger partial charge in [-0.2, -0.15) is 5.26 Å². The zero-order chi connectivity index (χ0) is 8.97. The quantitative estimate of drug-likeness (QED) is 0.728. The van der Waals surface area contributed by atoms with E-state index in [4.69, 9.17) is 10.4 Å². The van der Waals surface area contributed by atoms with Crippen LogP contribution >= 0.6 is 0 Å². The molecule has 0 saturated carbocycles. The van der Waals surface area contributed by atoms with Gasteiger partial charge in [-0.25, -0.2) is 4.39 Å². The number of nitrogens with zero attached hydrogens (tertiary/aromatic N) is 1. The van der Waals surface area contributed by atoms with Crippen molar-refractivity contribution in [2.45, 2.75) is 12.8 Å². The predicted molar refractivity (Wildman–Crippen MR) is 42.0 cm³/mol. The molecule has 1 N–H and O–H groups in total. The van der Waals surface area contributed by atoms with Gasteiger partial charge in [0, 0.05) is 6.42 Å². The summed E-state index contributed by atoms with van der Waals surface area (Å²) in [6, 6.07) is 6.11. The van der Waals surface area contributed by atoms with Crippen molar-refractivity contribution in [1.29, 1.82) is 5.26 Å². The summed E-state index contributed by atoms with van der Waals surface area (Å²) in [7, 11) is 0. The fraction of sp³-hybridized carbons (Fsp3) is 0.222. The van der Waals surface area contributed by atoms with Crippen molar-refractivity contribution in [1.82, 2.24) is 0 Å². The van der Waals surface area contributed by atoms with Crippen molar-refractivity contribution >= 4 is 0 Å². The lowest BCUT2D eigenvalue weighted by atomic mass is 10.1. The molecule has 62 valence electrons. The van der Waals surface area contributed by atoms with Gasteiger partial charge in [-0.15, -0.1) is 0 Å². The number of phenolic OH excluding ortho intramolecular Hbond substituents is 1. The Labute approximate surface area is 69.9 Å². The van der Waals surface area contributed by atoms with E-state index in [1.54, 1.807) is 6.07 Å². The second-order valence-electron chi connectivity index (χ2n) is 2.44. The van der Waals surface area contributed by atoms with Crippen molar-refractivity contribution in [3.05, 3.63) is 29.6 Å². The molecule has 0 radical (unpaired) electrons. The fourth-order valence-corrected chi connectivity index (χ4v) is 0.906. The van der Waals surface area contributed by atoms with Crippen molar-refractivity contribution in [3.63, 3.8) is 0 Å². The molecule has 2 nitrogen and oxygen atoms in total. The van der Waals surface area contributed by atoms with Gasteiger partial charge in [0.15, 0.2) is 11.6 Å². The number of rotatable bonds is 2. The molecule has 0 aliphatic rings. The first-order chi connectivity index (χ1) is 5.74. The summed E-state index contributed by atoms with van der Waals surface area (Å²) < 4.78 is 12.7. The van der Waals surface area contributed by atoms with Crippen LogP contribution in [0.1, 0.15) is 12.0 Å². The van der Waals surface area contributed by atoms with E-state index in [0.717, 1.165) is 5.56 Å². The topological polar surface area (TPSA) is 44.0 Å². The maximum absolute atomic E-state index is 12.7. The van der Waals surface area contributed by atoms with E-state index in [9.17, 15) is 4.39 Å². The summed E-state index contributed by atoms with van der Waals surface area (Å²) in [6.45, 7) is 0. The highest BCUT2D eigenvalue weighted by molar-refractivity contribution is 5.28. The first kappa shape index (κ1) is 8.54. The Morgan fingerprint density at radius 1 is 1.50 bits per heavy atom. The molecule has 0 fully saturated rings. The summed E-state index contributed by atoms with van der Waals surface area (Å²) in [6.07, 6.45) is 0.887. The van der Waals surface area contributed by atoms with E-state index in [1.165, 1.54) is 12.1 Å². The number of aromatic hydroxyl groups is 1. The molecular formula is C9H8FNO. The van der Waals surface area contributed by atoms with Crippen LogP contribution in [0.2, 0.25) is 0 Å². The number of nitriles is 1. The monoisotopic (exact) mass is 165 g/mol. The van der Waals surface area contributed by atoms with Crippen LogP contribution in [0.3, 0.4) is 0 Å². The third-order valence-corrected chi connectivity index (χ3v) is 1.54. The number of halogens is 1. The maximum Gasteiger partial charge on any atom is 0.165 e. The van der Waals surface area contributed by atoms with Gasteiger partial charge in [0.25, 0.3) is 0 Å². The summed E-state index contributed by atoms with van der Waals surface area (Å²) in [5.74, 6) is -0.985. The Kier molecular flexibility index (Phi) is 2.65. The minimum atomic E-state index is -0.634. The van der Waals surface area contributed by atoms with Crippen molar-refractivity contribution in [3.8, 4) is 11.8 Å². The van der Waals surface area contributed by atoms with Crippen LogP contribution in [-0.4, -0.2) is 5.11 Å². The van der Waals surface area contributed by atoms with Gasteiger partial charge >= 0.3 is 0 Å². The lowest BCUT2D eigenvalue weighted by Crippen LogP contribution is -1.85. The number of hydrogen-bond donors (Lipinski definition) is 1. The molecule has 0 saturated heterocycles. The number of hydrogen-bond acceptors (Lipinski definition) is 2. The predicted octanol–water partition coefficient (Wildman–Crippen LogP) is 1.99. The van der Waals surface area contributed by atoms with Crippen LogP contribution in [0.5, 0.6) is 5.75 Å². The summed E-state index contributed by atoms with van der Waals surface area (Å²) in [5.41, 5.74) is 0.729. The molecule has 0 unspecified atom stereocenters. The smallest absolute Gasteiger partial charge is 0.165 e. The zero-order valence-electron chi connectivity index (χ0n) is 6.42. The molecule has 0 aliphatic heterocycles. The van der Waals surface area contributed by atoms with E-state index < -0.39 is 5.82 Å². The Hall–Kier alpha value is -1.56. The number of benzene rings is 1. The Morgan fingerprint density at radius 3 is 2.83 bits per heavy atom. The first-order valence-corrected chi connectivity index (χ1v) is 3.58. The minimum Gasteiger partial charge on any atom is -0.505 e. The SMILES string of the molecule is N#CCCc1ccc(O)c(F)c1. The molecule has 1 aromatic carbocycles. The molecule has 1 aromatic rings. The van der Waals surface area contributed by atoms with Gasteiger partial charge in [-0.05, 0) is 24.1 Å². The first-order valence-electron chi connectivity index (χ1n) is 3.58. The van der Waals surface area contributed by atoms with Crippen LogP contribution in [0.15, 0.2) is 18.2 Å². The van der Waals surface area contributed by atoms with Gasteiger partial charge in [-0.3, -0.25) is 0 Å². The molecular weight excluding hydrogens is 157 g/mol. The summed E-state index contributed by atoms with van der Waals surface area (Å²) in [5, 5.41) is 17.1. The van der Waals surface area contributed by atoms with E-state index in [1.807, 2.05) is 6.07 Å².